The standard InChI is InChI=1S/C15H14Br2O2/c1-15-7-12(17)11(16)6-10(15)13(18)8-4-2-3-5-9(8)14(15)19/h2-5,10-12H,6-7H2,1H3/t10-,11?,12?,15+/m1/s1. The molecule has 0 saturated heterocycles. The lowest BCUT2D eigenvalue weighted by Gasteiger charge is -2.46. The lowest BCUT2D eigenvalue weighted by atomic mass is 9.58. The highest BCUT2D eigenvalue weighted by atomic mass is 79.9. The number of carbonyl (C=O) groups excluding carboxylic acids is 2. The number of hydrogen-bond acceptors (Lipinski definition) is 2. The molecule has 0 N–H and O–H groups in total. The van der Waals surface area contributed by atoms with E-state index in [-0.39, 0.29) is 27.1 Å². The maximum Gasteiger partial charge on any atom is 0.170 e. The van der Waals surface area contributed by atoms with E-state index in [2.05, 4.69) is 31.9 Å². The van der Waals surface area contributed by atoms with Gasteiger partial charge in [-0.3, -0.25) is 9.59 Å². The Kier molecular flexibility index (Phi) is 3.21. The molecule has 0 amide bonds. The molecule has 4 atom stereocenters. The van der Waals surface area contributed by atoms with Gasteiger partial charge in [-0.15, -0.1) is 0 Å². The van der Waals surface area contributed by atoms with Gasteiger partial charge in [0.05, 0.1) is 0 Å². The van der Waals surface area contributed by atoms with E-state index in [1.165, 1.54) is 0 Å². The van der Waals surface area contributed by atoms with Gasteiger partial charge in [0.25, 0.3) is 0 Å². The van der Waals surface area contributed by atoms with Gasteiger partial charge < -0.3 is 0 Å². The normalized spacial score (nSPS) is 37.7. The molecular weight excluding hydrogens is 372 g/mol. The van der Waals surface area contributed by atoms with Crippen molar-refractivity contribution in [2.24, 2.45) is 11.3 Å². The number of fused-ring (bicyclic) bond motifs is 2. The summed E-state index contributed by atoms with van der Waals surface area (Å²) in [4.78, 5) is 25.9. The fraction of sp³-hybridized carbons (Fsp3) is 0.467. The summed E-state index contributed by atoms with van der Waals surface area (Å²) >= 11 is 7.24. The number of halogens is 2. The molecule has 19 heavy (non-hydrogen) atoms. The van der Waals surface area contributed by atoms with Crippen LogP contribution < -0.4 is 0 Å². The molecule has 0 bridgehead atoms. The SMILES string of the molecule is C[C@]12CC(Br)C(Br)C[C@@H]1C(=O)c1ccccc1C2=O. The van der Waals surface area contributed by atoms with Gasteiger partial charge in [0.1, 0.15) is 0 Å². The van der Waals surface area contributed by atoms with E-state index in [4.69, 9.17) is 0 Å². The van der Waals surface area contributed by atoms with Crippen molar-refractivity contribution in [1.29, 1.82) is 0 Å². The molecule has 2 aliphatic carbocycles. The van der Waals surface area contributed by atoms with E-state index < -0.39 is 5.41 Å². The Morgan fingerprint density at radius 2 is 1.74 bits per heavy atom. The lowest BCUT2D eigenvalue weighted by molar-refractivity contribution is 0.0494. The van der Waals surface area contributed by atoms with Gasteiger partial charge in [-0.1, -0.05) is 63.0 Å². The summed E-state index contributed by atoms with van der Waals surface area (Å²) in [6, 6.07) is 7.21. The van der Waals surface area contributed by atoms with E-state index in [1.807, 2.05) is 19.1 Å². The number of Topliss-reactive ketones (excluding diaryl/α,β-unsaturated/α-hetero) is 2. The van der Waals surface area contributed by atoms with E-state index in [1.54, 1.807) is 12.1 Å². The van der Waals surface area contributed by atoms with Gasteiger partial charge in [-0.25, -0.2) is 0 Å². The molecule has 2 nitrogen and oxygen atoms in total. The van der Waals surface area contributed by atoms with Crippen molar-refractivity contribution in [3.63, 3.8) is 0 Å². The van der Waals surface area contributed by atoms with Crippen LogP contribution in [0, 0.1) is 11.3 Å². The van der Waals surface area contributed by atoms with Crippen molar-refractivity contribution < 1.29 is 9.59 Å². The van der Waals surface area contributed by atoms with Crippen LogP contribution in [0.25, 0.3) is 0 Å². The largest absolute Gasteiger partial charge is 0.294 e. The third-order valence-electron chi connectivity index (χ3n) is 4.51. The van der Waals surface area contributed by atoms with Crippen molar-refractivity contribution in [2.45, 2.75) is 29.4 Å². The average Bonchev–Trinajstić information content (AvgIpc) is 2.40. The smallest absolute Gasteiger partial charge is 0.170 e. The minimum Gasteiger partial charge on any atom is -0.294 e. The fourth-order valence-corrected chi connectivity index (χ4v) is 4.80. The highest BCUT2D eigenvalue weighted by molar-refractivity contribution is 9.12. The first kappa shape index (κ1) is 13.5. The first-order valence-corrected chi connectivity index (χ1v) is 8.24. The Labute approximate surface area is 129 Å². The molecular formula is C15H14Br2O2. The molecule has 0 aliphatic heterocycles. The van der Waals surface area contributed by atoms with Gasteiger partial charge in [-0.05, 0) is 12.8 Å². The second-order valence-corrected chi connectivity index (χ2v) is 8.03. The maximum absolute atomic E-state index is 12.8. The van der Waals surface area contributed by atoms with Crippen molar-refractivity contribution in [3.8, 4) is 0 Å². The molecule has 1 aromatic carbocycles. The summed E-state index contributed by atoms with van der Waals surface area (Å²) in [6.07, 6.45) is 1.41. The summed E-state index contributed by atoms with van der Waals surface area (Å²) in [5, 5.41) is 0. The number of benzene rings is 1. The second kappa shape index (κ2) is 4.52. The third-order valence-corrected chi connectivity index (χ3v) is 7.20. The average molecular weight is 386 g/mol. The zero-order chi connectivity index (χ0) is 13.8. The predicted octanol–water partition coefficient (Wildman–Crippen LogP) is 4.01. The molecule has 100 valence electrons. The first-order chi connectivity index (χ1) is 8.95. The molecule has 2 aliphatic rings. The van der Waals surface area contributed by atoms with Gasteiger partial charge >= 0.3 is 0 Å². The van der Waals surface area contributed by atoms with E-state index in [0.717, 1.165) is 0 Å². The van der Waals surface area contributed by atoms with Gasteiger partial charge in [-0.2, -0.15) is 0 Å². The van der Waals surface area contributed by atoms with E-state index in [9.17, 15) is 9.59 Å². The Balaban J connectivity index is 2.15. The topological polar surface area (TPSA) is 34.1 Å². The highest BCUT2D eigenvalue weighted by Crippen LogP contribution is 2.51. The lowest BCUT2D eigenvalue weighted by Crippen LogP contribution is -2.51. The Hall–Kier alpha value is -0.480. The molecule has 0 spiro atoms. The zero-order valence-corrected chi connectivity index (χ0v) is 13.7. The van der Waals surface area contributed by atoms with Crippen LogP contribution >= 0.6 is 31.9 Å². The Morgan fingerprint density at radius 3 is 2.42 bits per heavy atom. The van der Waals surface area contributed by atoms with Gasteiger partial charge in [0.2, 0.25) is 0 Å². The number of hydrogen-bond donors (Lipinski definition) is 0. The number of carbonyl (C=O) groups is 2. The van der Waals surface area contributed by atoms with Crippen LogP contribution in [0.2, 0.25) is 0 Å². The molecule has 4 heteroatoms. The molecule has 1 saturated carbocycles. The predicted molar refractivity (Wildman–Crippen MR) is 81.4 cm³/mol. The van der Waals surface area contributed by atoms with Crippen LogP contribution in [-0.4, -0.2) is 21.2 Å². The fourth-order valence-electron chi connectivity index (χ4n) is 3.35. The van der Waals surface area contributed by atoms with E-state index in [0.29, 0.717) is 24.0 Å². The van der Waals surface area contributed by atoms with Gasteiger partial charge in [0, 0.05) is 32.1 Å². The van der Waals surface area contributed by atoms with Crippen LogP contribution in [-0.2, 0) is 0 Å². The van der Waals surface area contributed by atoms with E-state index >= 15 is 0 Å². The van der Waals surface area contributed by atoms with Crippen LogP contribution in [0.3, 0.4) is 0 Å². The molecule has 0 aromatic heterocycles. The molecule has 2 unspecified atom stereocenters. The van der Waals surface area contributed by atoms with Crippen molar-refractivity contribution in [1.82, 2.24) is 0 Å². The van der Waals surface area contributed by atoms with Crippen LogP contribution in [0.15, 0.2) is 24.3 Å². The summed E-state index contributed by atoms with van der Waals surface area (Å²) in [5.74, 6) is 0.0474. The minimum absolute atomic E-state index is 0.122. The Bertz CT molecular complexity index is 569. The van der Waals surface area contributed by atoms with Crippen LogP contribution in [0.1, 0.15) is 40.5 Å². The molecule has 1 fully saturated rings. The monoisotopic (exact) mass is 384 g/mol. The molecule has 0 radical (unpaired) electrons. The van der Waals surface area contributed by atoms with Crippen LogP contribution in [0.5, 0.6) is 0 Å². The highest BCUT2D eigenvalue weighted by Gasteiger charge is 2.54. The summed E-state index contributed by atoms with van der Waals surface area (Å²) < 4.78 is 0. The zero-order valence-electron chi connectivity index (χ0n) is 10.5. The number of rotatable bonds is 0. The summed E-state index contributed by atoms with van der Waals surface area (Å²) in [6.45, 7) is 1.95. The van der Waals surface area contributed by atoms with Crippen molar-refractivity contribution in [3.05, 3.63) is 35.4 Å². The summed E-state index contributed by atoms with van der Waals surface area (Å²) in [5.41, 5.74) is 0.630. The maximum atomic E-state index is 12.8. The third kappa shape index (κ3) is 1.87. The quantitative estimate of drug-likeness (QED) is 0.632. The number of alkyl halides is 2. The molecule has 3 rings (SSSR count). The number of ketones is 2. The van der Waals surface area contributed by atoms with Crippen molar-refractivity contribution in [2.75, 3.05) is 0 Å². The van der Waals surface area contributed by atoms with Gasteiger partial charge in [0.15, 0.2) is 11.6 Å². The van der Waals surface area contributed by atoms with Crippen LogP contribution in [0.4, 0.5) is 0 Å². The molecule has 0 heterocycles. The minimum atomic E-state index is -0.566. The second-order valence-electron chi connectivity index (χ2n) is 5.68. The first-order valence-electron chi connectivity index (χ1n) is 6.41. The molecule has 1 aromatic rings. The van der Waals surface area contributed by atoms with Crippen molar-refractivity contribution >= 4 is 43.4 Å². The Morgan fingerprint density at radius 1 is 1.11 bits per heavy atom. The summed E-state index contributed by atoms with van der Waals surface area (Å²) in [7, 11) is 0.